The van der Waals surface area contributed by atoms with Crippen LogP contribution in [0.1, 0.15) is 6.42 Å². The average Bonchev–Trinajstić information content (AvgIpc) is 2.24. The van der Waals surface area contributed by atoms with E-state index < -0.39 is 36.1 Å². The Bertz CT molecular complexity index is 322. The number of ether oxygens (including phenoxy) is 1. The van der Waals surface area contributed by atoms with Crippen LogP contribution in [0.3, 0.4) is 0 Å². The molecule has 86 valence electrons. The van der Waals surface area contributed by atoms with E-state index in [-0.39, 0.29) is 0 Å². The fourth-order valence-electron chi connectivity index (χ4n) is 0.979. The van der Waals surface area contributed by atoms with Gasteiger partial charge in [-0.25, -0.2) is 4.79 Å². The highest BCUT2D eigenvalue weighted by Gasteiger charge is 2.76. The molecule has 0 aromatic heterocycles. The number of esters is 2. The summed E-state index contributed by atoms with van der Waals surface area (Å²) in [6, 6.07) is 0. The maximum Gasteiger partial charge on any atom is 0.457 e. The van der Waals surface area contributed by atoms with Crippen LogP contribution in [0.2, 0.25) is 0 Å². The second kappa shape index (κ2) is 2.87. The fourth-order valence-corrected chi connectivity index (χ4v) is 0.979. The van der Waals surface area contributed by atoms with Gasteiger partial charge in [-0.2, -0.15) is 22.0 Å². The maximum atomic E-state index is 12.6. The SMILES string of the molecule is O=C1CC(O)(C(F)(F)C(F)(F)F)C(=O)O1. The summed E-state index contributed by atoms with van der Waals surface area (Å²) in [5.74, 6) is -9.66. The summed E-state index contributed by atoms with van der Waals surface area (Å²) < 4.78 is 64.1. The molecule has 1 aliphatic rings. The number of hydrogen-bond donors (Lipinski definition) is 1. The van der Waals surface area contributed by atoms with Gasteiger partial charge in [0.2, 0.25) is 5.60 Å². The highest BCUT2D eigenvalue weighted by atomic mass is 19.4. The summed E-state index contributed by atoms with van der Waals surface area (Å²) in [4.78, 5) is 20.9. The van der Waals surface area contributed by atoms with Crippen molar-refractivity contribution >= 4 is 11.9 Å². The average molecular weight is 234 g/mol. The molecule has 0 radical (unpaired) electrons. The first-order valence-electron chi connectivity index (χ1n) is 3.44. The molecule has 0 aromatic rings. The minimum Gasteiger partial charge on any atom is -0.391 e. The van der Waals surface area contributed by atoms with E-state index in [4.69, 9.17) is 5.11 Å². The monoisotopic (exact) mass is 234 g/mol. The summed E-state index contributed by atoms with van der Waals surface area (Å²) in [7, 11) is 0. The van der Waals surface area contributed by atoms with Crippen LogP contribution in [0.4, 0.5) is 22.0 Å². The van der Waals surface area contributed by atoms with Gasteiger partial charge in [-0.3, -0.25) is 4.79 Å². The molecule has 1 saturated heterocycles. The Morgan fingerprint density at radius 3 is 1.93 bits per heavy atom. The molecule has 4 nitrogen and oxygen atoms in total. The van der Waals surface area contributed by atoms with E-state index >= 15 is 0 Å². The second-order valence-electron chi connectivity index (χ2n) is 2.87. The van der Waals surface area contributed by atoms with Gasteiger partial charge in [0.25, 0.3) is 0 Å². The predicted molar refractivity (Wildman–Crippen MR) is 31.7 cm³/mol. The Morgan fingerprint density at radius 1 is 1.20 bits per heavy atom. The third-order valence-electron chi connectivity index (χ3n) is 1.82. The molecule has 0 aromatic carbocycles. The zero-order valence-corrected chi connectivity index (χ0v) is 6.77. The lowest BCUT2D eigenvalue weighted by Gasteiger charge is -2.29. The summed E-state index contributed by atoms with van der Waals surface area (Å²) in [6.07, 6.45) is -7.87. The molecule has 1 atom stereocenters. The first-order valence-corrected chi connectivity index (χ1v) is 3.44. The number of rotatable bonds is 1. The number of carbonyl (C=O) groups excluding carboxylic acids is 2. The second-order valence-corrected chi connectivity index (χ2v) is 2.87. The van der Waals surface area contributed by atoms with Gasteiger partial charge < -0.3 is 9.84 Å². The molecular formula is C6H3F5O4. The van der Waals surface area contributed by atoms with E-state index in [1.54, 1.807) is 0 Å². The third kappa shape index (κ3) is 1.46. The summed E-state index contributed by atoms with van der Waals surface area (Å²) in [5.41, 5.74) is -4.16. The quantitative estimate of drug-likeness (QED) is 0.405. The Balaban J connectivity index is 3.16. The molecule has 9 heteroatoms. The normalized spacial score (nSPS) is 28.1. The lowest BCUT2D eigenvalue weighted by atomic mass is 9.93. The number of hydrogen-bond acceptors (Lipinski definition) is 4. The fraction of sp³-hybridized carbons (Fsp3) is 0.667. The lowest BCUT2D eigenvalue weighted by molar-refractivity contribution is -0.332. The lowest BCUT2D eigenvalue weighted by Crippen LogP contribution is -2.59. The number of aliphatic hydroxyl groups is 1. The van der Waals surface area contributed by atoms with Gasteiger partial charge >= 0.3 is 24.0 Å². The van der Waals surface area contributed by atoms with Crippen LogP contribution in [-0.2, 0) is 14.3 Å². The first-order chi connectivity index (χ1) is 6.52. The minimum atomic E-state index is -6.15. The topological polar surface area (TPSA) is 63.6 Å². The maximum absolute atomic E-state index is 12.6. The molecular weight excluding hydrogens is 231 g/mol. The van der Waals surface area contributed by atoms with Crippen molar-refractivity contribution in [2.75, 3.05) is 0 Å². The molecule has 1 aliphatic heterocycles. The minimum absolute atomic E-state index is 1.63. The van der Waals surface area contributed by atoms with Gasteiger partial charge in [0.05, 0.1) is 6.42 Å². The summed E-state index contributed by atoms with van der Waals surface area (Å²) in [5, 5.41) is 8.83. The summed E-state index contributed by atoms with van der Waals surface area (Å²) in [6.45, 7) is 0. The van der Waals surface area contributed by atoms with Crippen molar-refractivity contribution in [2.45, 2.75) is 24.1 Å². The zero-order valence-electron chi connectivity index (χ0n) is 6.77. The van der Waals surface area contributed by atoms with Gasteiger partial charge in [-0.15, -0.1) is 0 Å². The van der Waals surface area contributed by atoms with Crippen LogP contribution in [0.5, 0.6) is 0 Å². The predicted octanol–water partition coefficient (Wildman–Crippen LogP) is 0.389. The molecule has 1 rings (SSSR count). The Kier molecular flexibility index (Phi) is 2.26. The molecule has 0 saturated carbocycles. The molecule has 0 bridgehead atoms. The highest BCUT2D eigenvalue weighted by Crippen LogP contribution is 2.47. The van der Waals surface area contributed by atoms with Gasteiger partial charge in [0, 0.05) is 0 Å². The molecule has 1 fully saturated rings. The Labute approximate surface area is 78.6 Å². The molecule has 1 unspecified atom stereocenters. The van der Waals surface area contributed by atoms with Crippen molar-refractivity contribution in [3.8, 4) is 0 Å². The number of cyclic esters (lactones) is 2. The molecule has 0 aliphatic carbocycles. The molecule has 0 amide bonds. The van der Waals surface area contributed by atoms with Gasteiger partial charge in [-0.1, -0.05) is 0 Å². The van der Waals surface area contributed by atoms with Crippen molar-refractivity contribution in [2.24, 2.45) is 0 Å². The largest absolute Gasteiger partial charge is 0.457 e. The first kappa shape index (κ1) is 11.8. The van der Waals surface area contributed by atoms with E-state index in [9.17, 15) is 31.5 Å². The molecule has 0 spiro atoms. The highest BCUT2D eigenvalue weighted by molar-refractivity contribution is 6.00. The van der Waals surface area contributed by atoms with Crippen LogP contribution in [-0.4, -0.2) is 34.7 Å². The third-order valence-corrected chi connectivity index (χ3v) is 1.82. The van der Waals surface area contributed by atoms with Crippen molar-refractivity contribution in [1.82, 2.24) is 0 Å². The molecule has 1 heterocycles. The van der Waals surface area contributed by atoms with Crippen molar-refractivity contribution in [3.05, 3.63) is 0 Å². The smallest absolute Gasteiger partial charge is 0.391 e. The van der Waals surface area contributed by atoms with Crippen LogP contribution >= 0.6 is 0 Å². The van der Waals surface area contributed by atoms with Crippen LogP contribution in [0, 0.1) is 0 Å². The number of halogens is 5. The Morgan fingerprint density at radius 2 is 1.67 bits per heavy atom. The van der Waals surface area contributed by atoms with Crippen molar-refractivity contribution in [1.29, 1.82) is 0 Å². The van der Waals surface area contributed by atoms with Crippen molar-refractivity contribution in [3.63, 3.8) is 0 Å². The van der Waals surface area contributed by atoms with Gasteiger partial charge in [-0.05, 0) is 0 Å². The van der Waals surface area contributed by atoms with Gasteiger partial charge in [0.1, 0.15) is 0 Å². The van der Waals surface area contributed by atoms with E-state index in [2.05, 4.69) is 4.74 Å². The van der Waals surface area contributed by atoms with Gasteiger partial charge in [0.15, 0.2) is 0 Å². The van der Waals surface area contributed by atoms with Crippen LogP contribution in [0.25, 0.3) is 0 Å². The summed E-state index contributed by atoms with van der Waals surface area (Å²) >= 11 is 0. The van der Waals surface area contributed by atoms with Crippen LogP contribution in [0.15, 0.2) is 0 Å². The van der Waals surface area contributed by atoms with E-state index in [0.717, 1.165) is 0 Å². The Hall–Kier alpha value is -1.25. The van der Waals surface area contributed by atoms with E-state index in [1.807, 2.05) is 0 Å². The molecule has 15 heavy (non-hydrogen) atoms. The standard InChI is InChI=1S/C6H3F5O4/c7-5(8,6(9,10)11)4(14)1-2(12)15-3(4)13/h14H,1H2. The number of carbonyl (C=O) groups is 2. The molecule has 1 N–H and O–H groups in total. The van der Waals surface area contributed by atoms with E-state index in [0.29, 0.717) is 0 Å². The zero-order chi connectivity index (χ0) is 12.1. The van der Waals surface area contributed by atoms with Crippen molar-refractivity contribution < 1.29 is 41.4 Å². The van der Waals surface area contributed by atoms with Crippen LogP contribution < -0.4 is 0 Å². The number of alkyl halides is 5. The van der Waals surface area contributed by atoms with E-state index in [1.165, 1.54) is 0 Å².